The van der Waals surface area contributed by atoms with Crippen LogP contribution in [0, 0.1) is 0 Å². The Morgan fingerprint density at radius 1 is 1.21 bits per heavy atom. The van der Waals surface area contributed by atoms with Gasteiger partial charge >= 0.3 is 6.09 Å². The van der Waals surface area contributed by atoms with Crippen molar-refractivity contribution in [3.05, 3.63) is 35.9 Å². The van der Waals surface area contributed by atoms with E-state index in [0.29, 0.717) is 24.6 Å². The topological polar surface area (TPSA) is 81.1 Å². The lowest BCUT2D eigenvalue weighted by Gasteiger charge is -2.35. The first-order valence-corrected chi connectivity index (χ1v) is 7.98. The van der Waals surface area contributed by atoms with Crippen molar-refractivity contribution in [3.63, 3.8) is 0 Å². The minimum absolute atomic E-state index is 0.130. The van der Waals surface area contributed by atoms with Gasteiger partial charge in [0.1, 0.15) is 5.60 Å². The van der Waals surface area contributed by atoms with Gasteiger partial charge in [0.25, 0.3) is 0 Å². The predicted molar refractivity (Wildman–Crippen MR) is 88.1 cm³/mol. The maximum atomic E-state index is 12.4. The van der Waals surface area contributed by atoms with E-state index in [1.54, 1.807) is 29.6 Å². The van der Waals surface area contributed by atoms with Crippen LogP contribution in [0.5, 0.6) is 0 Å². The van der Waals surface area contributed by atoms with Crippen LogP contribution < -0.4 is 0 Å². The number of carbonyl (C=O) groups is 1. The second kappa shape index (κ2) is 6.14. The van der Waals surface area contributed by atoms with Crippen LogP contribution in [0.4, 0.5) is 4.79 Å². The van der Waals surface area contributed by atoms with E-state index in [-0.39, 0.29) is 12.1 Å². The molecule has 0 bridgehead atoms. The van der Waals surface area contributed by atoms with Gasteiger partial charge in [-0.25, -0.2) is 24.7 Å². The lowest BCUT2D eigenvalue weighted by atomic mass is 10.00. The zero-order chi connectivity index (χ0) is 17.3. The Labute approximate surface area is 141 Å². The number of ether oxygens (including phenoxy) is 1. The summed E-state index contributed by atoms with van der Waals surface area (Å²) in [6, 6.07) is 1.62. The molecular weight excluding hydrogens is 306 g/mol. The summed E-state index contributed by atoms with van der Waals surface area (Å²) < 4.78 is 5.48. The molecule has 0 fully saturated rings. The Balaban J connectivity index is 1.84. The molecule has 0 aliphatic carbocycles. The van der Waals surface area contributed by atoms with Crippen LogP contribution in [0.25, 0.3) is 11.6 Å². The van der Waals surface area contributed by atoms with E-state index in [9.17, 15) is 4.79 Å². The summed E-state index contributed by atoms with van der Waals surface area (Å²) >= 11 is 0. The van der Waals surface area contributed by atoms with Gasteiger partial charge in [-0.05, 0) is 33.8 Å². The van der Waals surface area contributed by atoms with Crippen LogP contribution in [0.15, 0.2) is 24.7 Å². The second-order valence-electron chi connectivity index (χ2n) is 6.77. The van der Waals surface area contributed by atoms with E-state index < -0.39 is 5.60 Å². The number of nitrogens with zero attached hydrogens (tertiary/aromatic N) is 5. The molecule has 2 aromatic heterocycles. The highest BCUT2D eigenvalue weighted by atomic mass is 16.6. The van der Waals surface area contributed by atoms with Gasteiger partial charge in [0.15, 0.2) is 11.6 Å². The Hall–Kier alpha value is -2.57. The number of rotatable bonds is 1. The number of carbonyl (C=O) groups excluding carboxylic acids is 1. The predicted octanol–water partition coefficient (Wildman–Crippen LogP) is 2.79. The highest BCUT2D eigenvalue weighted by molar-refractivity contribution is 5.69. The van der Waals surface area contributed by atoms with Gasteiger partial charge in [0.05, 0.1) is 11.7 Å². The van der Waals surface area contributed by atoms with Crippen molar-refractivity contribution >= 4 is 6.09 Å². The molecule has 0 saturated heterocycles. The SMILES string of the molecule is CC1c2cnc(-c3ncccn3)nc2CCN1C(=O)OC(C)(C)C. The summed E-state index contributed by atoms with van der Waals surface area (Å²) in [5.41, 5.74) is 1.36. The summed E-state index contributed by atoms with van der Waals surface area (Å²) in [5, 5.41) is 0. The van der Waals surface area contributed by atoms with E-state index in [4.69, 9.17) is 4.74 Å². The molecule has 0 saturated carbocycles. The minimum atomic E-state index is -0.512. The first kappa shape index (κ1) is 16.3. The first-order chi connectivity index (χ1) is 11.3. The number of aromatic nitrogens is 4. The quantitative estimate of drug-likeness (QED) is 0.801. The molecule has 24 heavy (non-hydrogen) atoms. The van der Waals surface area contributed by atoms with Crippen molar-refractivity contribution in [3.8, 4) is 11.6 Å². The van der Waals surface area contributed by atoms with Crippen molar-refractivity contribution in [1.29, 1.82) is 0 Å². The third-order valence-corrected chi connectivity index (χ3v) is 3.80. The van der Waals surface area contributed by atoms with E-state index in [2.05, 4.69) is 19.9 Å². The fourth-order valence-corrected chi connectivity index (χ4v) is 2.66. The molecule has 126 valence electrons. The first-order valence-electron chi connectivity index (χ1n) is 7.98. The van der Waals surface area contributed by atoms with Crippen molar-refractivity contribution in [2.45, 2.75) is 45.8 Å². The molecule has 1 atom stereocenters. The highest BCUT2D eigenvalue weighted by Gasteiger charge is 2.32. The van der Waals surface area contributed by atoms with Gasteiger partial charge in [-0.3, -0.25) is 0 Å². The van der Waals surface area contributed by atoms with Crippen molar-refractivity contribution in [1.82, 2.24) is 24.8 Å². The van der Waals surface area contributed by atoms with Crippen LogP contribution in [0.1, 0.15) is 45.0 Å². The number of hydrogen-bond acceptors (Lipinski definition) is 6. The molecule has 7 heteroatoms. The van der Waals surface area contributed by atoms with Crippen LogP contribution >= 0.6 is 0 Å². The molecule has 3 heterocycles. The summed E-state index contributed by atoms with van der Waals surface area (Å²) in [4.78, 5) is 31.4. The van der Waals surface area contributed by atoms with Gasteiger partial charge < -0.3 is 9.64 Å². The monoisotopic (exact) mass is 327 g/mol. The average Bonchev–Trinajstić information content (AvgIpc) is 2.54. The van der Waals surface area contributed by atoms with Crippen LogP contribution in [-0.2, 0) is 11.2 Å². The average molecular weight is 327 g/mol. The zero-order valence-electron chi connectivity index (χ0n) is 14.4. The molecule has 0 N–H and O–H groups in total. The fraction of sp³-hybridized carbons (Fsp3) is 0.471. The standard InChI is InChI=1S/C17H21N5O2/c1-11-12-10-20-15(14-18-7-5-8-19-14)21-13(12)6-9-22(11)16(23)24-17(2,3)4/h5,7-8,10-11H,6,9H2,1-4H3. The Bertz CT molecular complexity index is 742. The van der Waals surface area contributed by atoms with E-state index in [0.717, 1.165) is 11.3 Å². The lowest BCUT2D eigenvalue weighted by Crippen LogP contribution is -2.42. The number of hydrogen-bond donors (Lipinski definition) is 0. The molecule has 7 nitrogen and oxygen atoms in total. The third-order valence-electron chi connectivity index (χ3n) is 3.80. The zero-order valence-corrected chi connectivity index (χ0v) is 14.4. The van der Waals surface area contributed by atoms with Crippen molar-refractivity contribution in [2.24, 2.45) is 0 Å². The summed E-state index contributed by atoms with van der Waals surface area (Å²) in [6.45, 7) is 8.12. The third kappa shape index (κ3) is 3.34. The van der Waals surface area contributed by atoms with Gasteiger partial charge in [-0.1, -0.05) is 0 Å². The maximum Gasteiger partial charge on any atom is 0.410 e. The summed E-state index contributed by atoms with van der Waals surface area (Å²) in [7, 11) is 0. The lowest BCUT2D eigenvalue weighted by molar-refractivity contribution is 0.0158. The van der Waals surface area contributed by atoms with Gasteiger partial charge in [0, 0.05) is 37.1 Å². The molecule has 2 aromatic rings. The Morgan fingerprint density at radius 2 is 1.92 bits per heavy atom. The van der Waals surface area contributed by atoms with Crippen LogP contribution in [0.2, 0.25) is 0 Å². The van der Waals surface area contributed by atoms with E-state index >= 15 is 0 Å². The molecule has 1 aliphatic heterocycles. The van der Waals surface area contributed by atoms with Gasteiger partial charge in [-0.15, -0.1) is 0 Å². The van der Waals surface area contributed by atoms with E-state index in [1.165, 1.54) is 0 Å². The Morgan fingerprint density at radius 3 is 2.58 bits per heavy atom. The Kier molecular flexibility index (Phi) is 4.17. The van der Waals surface area contributed by atoms with Crippen molar-refractivity contribution < 1.29 is 9.53 Å². The maximum absolute atomic E-state index is 12.4. The molecule has 1 unspecified atom stereocenters. The second-order valence-corrected chi connectivity index (χ2v) is 6.77. The largest absolute Gasteiger partial charge is 0.444 e. The highest BCUT2D eigenvalue weighted by Crippen LogP contribution is 2.30. The summed E-state index contributed by atoms with van der Waals surface area (Å²) in [5.74, 6) is 1.01. The number of amides is 1. The molecule has 0 radical (unpaired) electrons. The van der Waals surface area contributed by atoms with E-state index in [1.807, 2.05) is 27.7 Å². The summed E-state index contributed by atoms with van der Waals surface area (Å²) in [6.07, 6.45) is 5.43. The van der Waals surface area contributed by atoms with Gasteiger partial charge in [0.2, 0.25) is 0 Å². The van der Waals surface area contributed by atoms with Crippen LogP contribution in [0.3, 0.4) is 0 Å². The molecule has 0 spiro atoms. The van der Waals surface area contributed by atoms with Crippen molar-refractivity contribution in [2.75, 3.05) is 6.54 Å². The minimum Gasteiger partial charge on any atom is -0.444 e. The smallest absolute Gasteiger partial charge is 0.410 e. The van der Waals surface area contributed by atoms with Crippen LogP contribution in [-0.4, -0.2) is 43.1 Å². The number of fused-ring (bicyclic) bond motifs is 1. The molecule has 1 aliphatic rings. The molecule has 0 aromatic carbocycles. The molecule has 1 amide bonds. The molecule has 3 rings (SSSR count). The fourth-order valence-electron chi connectivity index (χ4n) is 2.66. The van der Waals surface area contributed by atoms with Gasteiger partial charge in [-0.2, -0.15) is 0 Å². The molecular formula is C17H21N5O2. The normalized spacial score (nSPS) is 17.3.